The Morgan fingerprint density at radius 1 is 1.44 bits per heavy atom. The number of hydrogen-bond acceptors (Lipinski definition) is 1. The van der Waals surface area contributed by atoms with Crippen LogP contribution in [0.1, 0.15) is 29.5 Å². The summed E-state index contributed by atoms with van der Waals surface area (Å²) >= 11 is 6.02. The van der Waals surface area contributed by atoms with Crippen molar-refractivity contribution in [1.29, 1.82) is 0 Å². The molecule has 1 atom stereocenters. The van der Waals surface area contributed by atoms with Crippen LogP contribution in [0.15, 0.2) is 6.07 Å². The van der Waals surface area contributed by atoms with E-state index in [-0.39, 0.29) is 5.82 Å². The van der Waals surface area contributed by atoms with Crippen LogP contribution >= 0.6 is 11.6 Å². The Labute approximate surface area is 101 Å². The number of benzene rings is 1. The lowest BCUT2D eigenvalue weighted by Crippen LogP contribution is -2.24. The van der Waals surface area contributed by atoms with Crippen LogP contribution in [-0.2, 0) is 6.42 Å². The molecule has 1 aliphatic heterocycles. The smallest absolute Gasteiger partial charge is 0.130 e. The fraction of sp³-hybridized carbons (Fsp3) is 0.538. The van der Waals surface area contributed by atoms with Crippen molar-refractivity contribution in [3.63, 3.8) is 0 Å². The molecule has 0 saturated carbocycles. The molecule has 0 aromatic heterocycles. The highest BCUT2D eigenvalue weighted by Crippen LogP contribution is 2.26. The minimum Gasteiger partial charge on any atom is -0.314 e. The number of rotatable bonds is 2. The van der Waals surface area contributed by atoms with Gasteiger partial charge in [-0.15, -0.1) is 0 Å². The van der Waals surface area contributed by atoms with E-state index in [1.54, 1.807) is 6.92 Å². The quantitative estimate of drug-likeness (QED) is 0.837. The molecular formula is C13H17ClFN. The third-order valence-electron chi connectivity index (χ3n) is 3.43. The van der Waals surface area contributed by atoms with Crippen molar-refractivity contribution in [2.75, 3.05) is 6.54 Å². The van der Waals surface area contributed by atoms with Crippen LogP contribution in [0.4, 0.5) is 4.39 Å². The standard InChI is InChI=1S/C13H17ClFN/c1-8-10(6-11-4-3-5-16-11)7-12(14)9(2)13(8)15/h7,11,16H,3-6H2,1-2H3. The molecule has 1 aliphatic rings. The lowest BCUT2D eigenvalue weighted by Gasteiger charge is -2.14. The van der Waals surface area contributed by atoms with Crippen LogP contribution in [0.3, 0.4) is 0 Å². The molecule has 0 amide bonds. The molecule has 2 rings (SSSR count). The normalized spacial score (nSPS) is 20.4. The molecule has 3 heteroatoms. The Morgan fingerprint density at radius 2 is 2.19 bits per heavy atom. The number of nitrogens with one attached hydrogen (secondary N) is 1. The minimum atomic E-state index is -0.152. The topological polar surface area (TPSA) is 12.0 Å². The van der Waals surface area contributed by atoms with Gasteiger partial charge in [-0.2, -0.15) is 0 Å². The van der Waals surface area contributed by atoms with E-state index >= 15 is 0 Å². The Bertz CT molecular complexity index is 397. The molecule has 0 bridgehead atoms. The summed E-state index contributed by atoms with van der Waals surface area (Å²) in [4.78, 5) is 0. The van der Waals surface area contributed by atoms with E-state index in [9.17, 15) is 4.39 Å². The molecule has 0 spiro atoms. The lowest BCUT2D eigenvalue weighted by molar-refractivity contribution is 0.582. The van der Waals surface area contributed by atoms with Gasteiger partial charge in [0.2, 0.25) is 0 Å². The van der Waals surface area contributed by atoms with E-state index in [1.165, 1.54) is 12.8 Å². The molecule has 1 aromatic carbocycles. The maximum absolute atomic E-state index is 13.8. The zero-order valence-electron chi connectivity index (χ0n) is 9.74. The fourth-order valence-electron chi connectivity index (χ4n) is 2.30. The molecule has 1 nitrogen and oxygen atoms in total. The molecule has 1 unspecified atom stereocenters. The van der Waals surface area contributed by atoms with Gasteiger partial charge in [0.25, 0.3) is 0 Å². The van der Waals surface area contributed by atoms with Gasteiger partial charge in [0.05, 0.1) is 0 Å². The first-order chi connectivity index (χ1) is 7.59. The van der Waals surface area contributed by atoms with Crippen molar-refractivity contribution in [3.05, 3.63) is 33.6 Å². The molecule has 1 fully saturated rings. The van der Waals surface area contributed by atoms with Gasteiger partial charge in [0.15, 0.2) is 0 Å². The monoisotopic (exact) mass is 241 g/mol. The second-order valence-corrected chi connectivity index (χ2v) is 4.99. The Kier molecular flexibility index (Phi) is 3.50. The predicted octanol–water partition coefficient (Wildman–Crippen LogP) is 3.39. The third kappa shape index (κ3) is 2.23. The zero-order valence-corrected chi connectivity index (χ0v) is 10.5. The Balaban J connectivity index is 2.26. The molecule has 1 aromatic rings. The van der Waals surface area contributed by atoms with Gasteiger partial charge >= 0.3 is 0 Å². The van der Waals surface area contributed by atoms with Crippen molar-refractivity contribution in [2.45, 2.75) is 39.2 Å². The molecule has 1 N–H and O–H groups in total. The van der Waals surface area contributed by atoms with Gasteiger partial charge in [-0.1, -0.05) is 11.6 Å². The third-order valence-corrected chi connectivity index (χ3v) is 3.82. The first kappa shape index (κ1) is 11.9. The van der Waals surface area contributed by atoms with Crippen LogP contribution in [-0.4, -0.2) is 12.6 Å². The highest BCUT2D eigenvalue weighted by atomic mass is 35.5. The average Bonchev–Trinajstić information content (AvgIpc) is 2.76. The van der Waals surface area contributed by atoms with E-state index < -0.39 is 0 Å². The maximum Gasteiger partial charge on any atom is 0.130 e. The molecule has 1 heterocycles. The Morgan fingerprint density at radius 3 is 2.81 bits per heavy atom. The van der Waals surface area contributed by atoms with Crippen molar-refractivity contribution < 1.29 is 4.39 Å². The highest BCUT2D eigenvalue weighted by Gasteiger charge is 2.18. The van der Waals surface area contributed by atoms with Gasteiger partial charge < -0.3 is 5.32 Å². The van der Waals surface area contributed by atoms with E-state index in [2.05, 4.69) is 5.32 Å². The van der Waals surface area contributed by atoms with Crippen LogP contribution in [0.25, 0.3) is 0 Å². The molecule has 0 aliphatic carbocycles. The van der Waals surface area contributed by atoms with Gasteiger partial charge in [0, 0.05) is 16.6 Å². The maximum atomic E-state index is 13.8. The molecule has 16 heavy (non-hydrogen) atoms. The van der Waals surface area contributed by atoms with E-state index in [1.807, 2.05) is 13.0 Å². The van der Waals surface area contributed by atoms with Crippen LogP contribution < -0.4 is 5.32 Å². The van der Waals surface area contributed by atoms with Gasteiger partial charge in [-0.05, 0) is 56.8 Å². The fourth-order valence-corrected chi connectivity index (χ4v) is 2.52. The largest absolute Gasteiger partial charge is 0.314 e. The van der Waals surface area contributed by atoms with E-state index in [0.717, 1.165) is 24.1 Å². The lowest BCUT2D eigenvalue weighted by atomic mass is 9.98. The van der Waals surface area contributed by atoms with Crippen molar-refractivity contribution in [3.8, 4) is 0 Å². The summed E-state index contributed by atoms with van der Waals surface area (Å²) in [6.45, 7) is 4.64. The summed E-state index contributed by atoms with van der Waals surface area (Å²) in [5.41, 5.74) is 2.34. The zero-order chi connectivity index (χ0) is 11.7. The minimum absolute atomic E-state index is 0.152. The molecule has 88 valence electrons. The van der Waals surface area contributed by atoms with Crippen LogP contribution in [0.5, 0.6) is 0 Å². The number of hydrogen-bond donors (Lipinski definition) is 1. The molecule has 1 saturated heterocycles. The first-order valence-corrected chi connectivity index (χ1v) is 6.15. The summed E-state index contributed by atoms with van der Waals surface area (Å²) in [5, 5.41) is 3.96. The Hall–Kier alpha value is -0.600. The summed E-state index contributed by atoms with van der Waals surface area (Å²) in [5.74, 6) is -0.152. The van der Waals surface area contributed by atoms with Crippen LogP contribution in [0.2, 0.25) is 5.02 Å². The van der Waals surface area contributed by atoms with E-state index in [4.69, 9.17) is 11.6 Å². The second-order valence-electron chi connectivity index (χ2n) is 4.58. The SMILES string of the molecule is Cc1c(Cl)cc(CC2CCCN2)c(C)c1F. The highest BCUT2D eigenvalue weighted by molar-refractivity contribution is 6.31. The molecule has 0 radical (unpaired) electrons. The van der Waals surface area contributed by atoms with Crippen LogP contribution in [0, 0.1) is 19.7 Å². The van der Waals surface area contributed by atoms with Gasteiger partial charge in [0.1, 0.15) is 5.82 Å². The predicted molar refractivity (Wildman–Crippen MR) is 65.6 cm³/mol. The van der Waals surface area contributed by atoms with Gasteiger partial charge in [-0.3, -0.25) is 0 Å². The summed E-state index contributed by atoms with van der Waals surface area (Å²) in [6.07, 6.45) is 3.26. The first-order valence-electron chi connectivity index (χ1n) is 5.77. The second kappa shape index (κ2) is 4.72. The van der Waals surface area contributed by atoms with Crippen molar-refractivity contribution in [2.24, 2.45) is 0 Å². The summed E-state index contributed by atoms with van der Waals surface area (Å²) < 4.78 is 13.8. The summed E-state index contributed by atoms with van der Waals surface area (Å²) in [7, 11) is 0. The number of halogens is 2. The van der Waals surface area contributed by atoms with Gasteiger partial charge in [-0.25, -0.2) is 4.39 Å². The average molecular weight is 242 g/mol. The van der Waals surface area contributed by atoms with E-state index in [0.29, 0.717) is 16.6 Å². The summed E-state index contributed by atoms with van der Waals surface area (Å²) in [6, 6.07) is 2.40. The van der Waals surface area contributed by atoms with Crippen molar-refractivity contribution in [1.82, 2.24) is 5.32 Å². The molecular weight excluding hydrogens is 225 g/mol. The van der Waals surface area contributed by atoms with Crippen molar-refractivity contribution >= 4 is 11.6 Å².